The van der Waals surface area contributed by atoms with Crippen molar-refractivity contribution in [2.45, 2.75) is 58.4 Å². The Hall–Kier alpha value is -3.59. The number of carbonyl (C=O) groups is 3. The summed E-state index contributed by atoms with van der Waals surface area (Å²) in [6.45, 7) is 9.15. The van der Waals surface area contributed by atoms with Gasteiger partial charge in [-0.25, -0.2) is 9.59 Å². The second-order valence-corrected chi connectivity index (χ2v) is 10.6. The highest BCUT2D eigenvalue weighted by molar-refractivity contribution is 6.02. The largest absolute Gasteiger partial charge is 0.478 e. The smallest absolute Gasteiger partial charge is 0.410 e. The van der Waals surface area contributed by atoms with Crippen LogP contribution in [0.5, 0.6) is 0 Å². The van der Waals surface area contributed by atoms with Gasteiger partial charge in [-0.1, -0.05) is 24.3 Å². The van der Waals surface area contributed by atoms with Crippen LogP contribution in [0.15, 0.2) is 42.5 Å². The molecule has 0 aliphatic carbocycles. The topological polar surface area (TPSA) is 111 Å². The normalized spacial score (nSPS) is 18.6. The quantitative estimate of drug-likeness (QED) is 0.636. The lowest BCUT2D eigenvalue weighted by Gasteiger charge is -2.41. The highest BCUT2D eigenvalue weighted by Gasteiger charge is 2.38. The molecule has 0 saturated carbocycles. The summed E-state index contributed by atoms with van der Waals surface area (Å²) in [5.41, 5.74) is 2.46. The summed E-state index contributed by atoms with van der Waals surface area (Å²) < 4.78 is 5.65. The molecular formula is C28H35N3O6. The summed E-state index contributed by atoms with van der Waals surface area (Å²) in [4.78, 5) is 43.3. The number of aromatic carboxylic acids is 1. The SMILES string of the molecule is CCN1CCN(CC(O)C2Cc3ccccc3CN2C(=O)OC(C)(C)C)C(=O)c2ccc(C(=O)O)cc21. The van der Waals surface area contributed by atoms with Crippen LogP contribution in [0.3, 0.4) is 0 Å². The first-order valence-corrected chi connectivity index (χ1v) is 12.6. The molecule has 9 heteroatoms. The van der Waals surface area contributed by atoms with Crippen LogP contribution in [0.1, 0.15) is 59.5 Å². The molecular weight excluding hydrogens is 474 g/mol. The summed E-state index contributed by atoms with van der Waals surface area (Å²) in [5, 5.41) is 20.8. The third-order valence-corrected chi connectivity index (χ3v) is 6.89. The van der Waals surface area contributed by atoms with Crippen molar-refractivity contribution in [2.75, 3.05) is 31.1 Å². The van der Waals surface area contributed by atoms with Gasteiger partial charge in [-0.3, -0.25) is 9.69 Å². The Morgan fingerprint density at radius 3 is 2.41 bits per heavy atom. The number of aliphatic hydroxyl groups excluding tert-OH is 1. The lowest BCUT2D eigenvalue weighted by atomic mass is 9.91. The van der Waals surface area contributed by atoms with Crippen LogP contribution in [-0.4, -0.2) is 81.9 Å². The first-order valence-electron chi connectivity index (χ1n) is 12.6. The molecule has 0 fully saturated rings. The maximum atomic E-state index is 13.5. The highest BCUT2D eigenvalue weighted by Crippen LogP contribution is 2.30. The van der Waals surface area contributed by atoms with Crippen molar-refractivity contribution in [2.24, 2.45) is 0 Å². The number of carboxylic acid groups (broad SMARTS) is 1. The molecule has 0 radical (unpaired) electrons. The molecule has 2 atom stereocenters. The molecule has 37 heavy (non-hydrogen) atoms. The molecule has 2 N–H and O–H groups in total. The molecule has 0 bridgehead atoms. The molecule has 2 aromatic carbocycles. The Morgan fingerprint density at radius 1 is 1.08 bits per heavy atom. The first-order chi connectivity index (χ1) is 17.5. The number of benzene rings is 2. The number of nitrogens with zero attached hydrogens (tertiary/aromatic N) is 3. The zero-order chi connectivity index (χ0) is 26.9. The summed E-state index contributed by atoms with van der Waals surface area (Å²) in [6, 6.07) is 11.7. The number of β-amino-alcohol motifs (C(OH)–C–C–N with tert-alkyl or cyclic N) is 1. The number of carbonyl (C=O) groups excluding carboxylic acids is 2. The van der Waals surface area contributed by atoms with E-state index in [2.05, 4.69) is 0 Å². The van der Waals surface area contributed by atoms with Gasteiger partial charge in [0.05, 0.1) is 29.0 Å². The zero-order valence-electron chi connectivity index (χ0n) is 21.8. The van der Waals surface area contributed by atoms with Crippen LogP contribution in [0.25, 0.3) is 0 Å². The van der Waals surface area contributed by atoms with Crippen LogP contribution in [0.4, 0.5) is 10.5 Å². The number of anilines is 1. The molecule has 4 rings (SSSR count). The van der Waals surface area contributed by atoms with Crippen molar-refractivity contribution < 1.29 is 29.3 Å². The van der Waals surface area contributed by atoms with E-state index in [1.807, 2.05) is 36.1 Å². The van der Waals surface area contributed by atoms with Gasteiger partial charge < -0.3 is 24.7 Å². The number of amides is 2. The molecule has 2 aliphatic heterocycles. The Morgan fingerprint density at radius 2 is 1.76 bits per heavy atom. The van der Waals surface area contributed by atoms with Crippen LogP contribution in [-0.2, 0) is 17.7 Å². The molecule has 2 aliphatic rings. The predicted octanol–water partition coefficient (Wildman–Crippen LogP) is 3.39. The Kier molecular flexibility index (Phi) is 7.45. The minimum absolute atomic E-state index is 0.0304. The van der Waals surface area contributed by atoms with E-state index in [1.54, 1.807) is 36.6 Å². The van der Waals surface area contributed by atoms with E-state index in [9.17, 15) is 24.6 Å². The second kappa shape index (κ2) is 10.4. The van der Waals surface area contributed by atoms with Gasteiger partial charge in [-0.2, -0.15) is 0 Å². The highest BCUT2D eigenvalue weighted by atomic mass is 16.6. The number of carboxylic acids is 1. The Bertz CT molecular complexity index is 1190. The van der Waals surface area contributed by atoms with Gasteiger partial charge in [0.1, 0.15) is 5.60 Å². The lowest BCUT2D eigenvalue weighted by Crippen LogP contribution is -2.55. The van der Waals surface area contributed by atoms with E-state index >= 15 is 0 Å². The number of hydrogen-bond donors (Lipinski definition) is 2. The van der Waals surface area contributed by atoms with Gasteiger partial charge in [0.25, 0.3) is 5.91 Å². The van der Waals surface area contributed by atoms with Gasteiger partial charge in [0.2, 0.25) is 0 Å². The Balaban J connectivity index is 1.60. The fourth-order valence-electron chi connectivity index (χ4n) is 5.00. The molecule has 9 nitrogen and oxygen atoms in total. The number of rotatable bonds is 5. The monoisotopic (exact) mass is 509 g/mol. The van der Waals surface area contributed by atoms with Crippen molar-refractivity contribution in [1.82, 2.24) is 9.80 Å². The molecule has 0 aromatic heterocycles. The summed E-state index contributed by atoms with van der Waals surface area (Å²) in [7, 11) is 0. The van der Waals surface area contributed by atoms with Crippen molar-refractivity contribution in [3.05, 3.63) is 64.7 Å². The van der Waals surface area contributed by atoms with Gasteiger partial charge in [-0.15, -0.1) is 0 Å². The number of fused-ring (bicyclic) bond motifs is 2. The molecule has 198 valence electrons. The van der Waals surface area contributed by atoms with Crippen molar-refractivity contribution >= 4 is 23.7 Å². The number of hydrogen-bond acceptors (Lipinski definition) is 6. The van der Waals surface area contributed by atoms with E-state index in [4.69, 9.17) is 4.74 Å². The maximum Gasteiger partial charge on any atom is 0.410 e. The minimum Gasteiger partial charge on any atom is -0.478 e. The van der Waals surface area contributed by atoms with Crippen LogP contribution >= 0.6 is 0 Å². The van der Waals surface area contributed by atoms with Crippen LogP contribution < -0.4 is 4.90 Å². The van der Waals surface area contributed by atoms with Crippen molar-refractivity contribution in [3.8, 4) is 0 Å². The molecule has 2 unspecified atom stereocenters. The first kappa shape index (κ1) is 26.5. The third-order valence-electron chi connectivity index (χ3n) is 6.89. The van der Waals surface area contributed by atoms with Gasteiger partial charge in [0, 0.05) is 32.7 Å². The van der Waals surface area contributed by atoms with Gasteiger partial charge >= 0.3 is 12.1 Å². The van der Waals surface area contributed by atoms with E-state index in [-0.39, 0.29) is 18.0 Å². The molecule has 0 spiro atoms. The van der Waals surface area contributed by atoms with Crippen molar-refractivity contribution in [3.63, 3.8) is 0 Å². The van der Waals surface area contributed by atoms with Gasteiger partial charge in [-0.05, 0) is 63.4 Å². The summed E-state index contributed by atoms with van der Waals surface area (Å²) in [5.74, 6) is -1.33. The van der Waals surface area contributed by atoms with Crippen LogP contribution in [0, 0.1) is 0 Å². The Labute approximate surface area is 217 Å². The standard InChI is InChI=1S/C28H35N3O6/c1-5-29-12-13-30(25(33)21-11-10-19(26(34)35)15-22(21)29)17-24(32)23-14-18-8-6-7-9-20(18)16-31(23)27(36)37-28(2,3)4/h6-11,15,23-24,32H,5,12-14,16-17H2,1-4H3,(H,34,35). The predicted molar refractivity (Wildman–Crippen MR) is 139 cm³/mol. The average Bonchev–Trinajstić information content (AvgIpc) is 2.98. The molecule has 2 heterocycles. The fraction of sp³-hybridized carbons (Fsp3) is 0.464. The third kappa shape index (κ3) is 5.72. The number of likely N-dealkylation sites (N-methyl/N-ethyl adjacent to an activating group) is 1. The van der Waals surface area contributed by atoms with Gasteiger partial charge in [0.15, 0.2) is 0 Å². The maximum absolute atomic E-state index is 13.5. The number of ether oxygens (including phenoxy) is 1. The van der Waals surface area contributed by atoms with E-state index < -0.39 is 29.8 Å². The van der Waals surface area contributed by atoms with E-state index in [1.165, 1.54) is 12.1 Å². The lowest BCUT2D eigenvalue weighted by molar-refractivity contribution is -0.0176. The zero-order valence-corrected chi connectivity index (χ0v) is 21.8. The van der Waals surface area contributed by atoms with Crippen LogP contribution in [0.2, 0.25) is 0 Å². The molecule has 2 aromatic rings. The van der Waals surface area contributed by atoms with Crippen molar-refractivity contribution in [1.29, 1.82) is 0 Å². The second-order valence-electron chi connectivity index (χ2n) is 10.6. The molecule has 2 amide bonds. The van der Waals surface area contributed by atoms with E-state index in [0.717, 1.165) is 11.1 Å². The minimum atomic E-state index is -1.05. The number of aliphatic hydroxyl groups is 1. The van der Waals surface area contributed by atoms with E-state index in [0.29, 0.717) is 43.9 Å². The average molecular weight is 510 g/mol. The summed E-state index contributed by atoms with van der Waals surface area (Å²) >= 11 is 0. The fourth-order valence-corrected chi connectivity index (χ4v) is 5.00. The molecule has 0 saturated heterocycles. The summed E-state index contributed by atoms with van der Waals surface area (Å²) in [6.07, 6.45) is -1.07.